The first kappa shape index (κ1) is 19.8. The number of Topliss-reactive ketones (excluding diaryl/α,β-unsaturated/α-hetero) is 1. The van der Waals surface area contributed by atoms with Crippen LogP contribution in [-0.4, -0.2) is 41.1 Å². The van der Waals surface area contributed by atoms with Crippen molar-refractivity contribution in [3.63, 3.8) is 0 Å². The molecule has 2 aromatic carbocycles. The van der Waals surface area contributed by atoms with Gasteiger partial charge in [0, 0.05) is 16.6 Å². The van der Waals surface area contributed by atoms with Gasteiger partial charge < -0.3 is 4.74 Å². The monoisotopic (exact) mass is 399 g/mol. The van der Waals surface area contributed by atoms with E-state index in [1.165, 1.54) is 23.1 Å². The fourth-order valence-electron chi connectivity index (χ4n) is 2.90. The third-order valence-electron chi connectivity index (χ3n) is 4.69. The van der Waals surface area contributed by atoms with E-state index in [1.54, 1.807) is 31.2 Å². The lowest BCUT2D eigenvalue weighted by atomic mass is 10.1. The Hall–Kier alpha value is -2.99. The molecule has 0 aromatic heterocycles. The van der Waals surface area contributed by atoms with Crippen LogP contribution in [0.2, 0.25) is 5.02 Å². The van der Waals surface area contributed by atoms with Gasteiger partial charge >= 0.3 is 5.97 Å². The number of benzene rings is 2. The Labute approximate surface area is 167 Å². The Bertz CT molecular complexity index is 967. The summed E-state index contributed by atoms with van der Waals surface area (Å²) in [5.41, 5.74) is 0.911. The van der Waals surface area contributed by atoms with Crippen molar-refractivity contribution in [2.24, 2.45) is 0 Å². The molecule has 1 heterocycles. The van der Waals surface area contributed by atoms with Gasteiger partial charge in [0.1, 0.15) is 0 Å². The molecule has 1 aliphatic heterocycles. The maximum Gasteiger partial charge on any atom is 0.338 e. The van der Waals surface area contributed by atoms with Crippen molar-refractivity contribution in [1.29, 1.82) is 0 Å². The first-order valence-electron chi connectivity index (χ1n) is 8.81. The van der Waals surface area contributed by atoms with Crippen LogP contribution >= 0.6 is 11.6 Å². The van der Waals surface area contributed by atoms with Gasteiger partial charge in [0.05, 0.1) is 16.7 Å². The molecule has 0 saturated heterocycles. The van der Waals surface area contributed by atoms with Gasteiger partial charge in [-0.3, -0.25) is 19.3 Å². The lowest BCUT2D eigenvalue weighted by Gasteiger charge is -2.20. The number of hydrogen-bond donors (Lipinski definition) is 0. The van der Waals surface area contributed by atoms with Gasteiger partial charge in [0.25, 0.3) is 11.8 Å². The molecule has 6 nitrogen and oxygen atoms in total. The fourth-order valence-corrected chi connectivity index (χ4v) is 3.03. The molecule has 28 heavy (non-hydrogen) atoms. The summed E-state index contributed by atoms with van der Waals surface area (Å²) in [6, 6.07) is 10.2. The van der Waals surface area contributed by atoms with Crippen LogP contribution in [0.15, 0.2) is 42.5 Å². The molecule has 0 spiro atoms. The summed E-state index contributed by atoms with van der Waals surface area (Å²) in [6.45, 7) is 3.23. The second-order valence-electron chi connectivity index (χ2n) is 6.50. The van der Waals surface area contributed by atoms with Crippen LogP contribution in [0, 0.1) is 0 Å². The summed E-state index contributed by atoms with van der Waals surface area (Å²) in [6.07, 6.45) is 0.632. The van der Waals surface area contributed by atoms with E-state index >= 15 is 0 Å². The third-order valence-corrected chi connectivity index (χ3v) is 4.94. The summed E-state index contributed by atoms with van der Waals surface area (Å²) in [4.78, 5) is 50.6. The van der Waals surface area contributed by atoms with Crippen molar-refractivity contribution in [2.45, 2.75) is 26.3 Å². The second-order valence-corrected chi connectivity index (χ2v) is 6.94. The van der Waals surface area contributed by atoms with E-state index in [1.807, 2.05) is 6.92 Å². The Kier molecular flexibility index (Phi) is 5.61. The van der Waals surface area contributed by atoms with Crippen molar-refractivity contribution in [2.75, 3.05) is 6.61 Å². The first-order valence-corrected chi connectivity index (χ1v) is 9.19. The molecule has 1 aliphatic rings. The molecule has 0 aliphatic carbocycles. The number of amides is 2. The van der Waals surface area contributed by atoms with Gasteiger partial charge in [-0.05, 0) is 55.8 Å². The van der Waals surface area contributed by atoms with E-state index in [0.717, 1.165) is 0 Å². The minimum Gasteiger partial charge on any atom is -0.454 e. The number of esters is 1. The minimum absolute atomic E-state index is 0.106. The zero-order valence-corrected chi connectivity index (χ0v) is 16.2. The highest BCUT2D eigenvalue weighted by Crippen LogP contribution is 2.27. The maximum atomic E-state index is 12.5. The molecule has 0 saturated carbocycles. The highest BCUT2D eigenvalue weighted by atomic mass is 35.5. The van der Waals surface area contributed by atoms with Crippen molar-refractivity contribution in [1.82, 2.24) is 4.90 Å². The SMILES string of the molecule is CC[C@@H](C)N1C(=O)c2ccc(C(=O)OCC(=O)c3ccc(Cl)cc3)cc2C1=O. The van der Waals surface area contributed by atoms with E-state index in [0.29, 0.717) is 17.0 Å². The first-order chi connectivity index (χ1) is 13.3. The number of halogens is 1. The standard InChI is InChI=1S/C21H18ClNO5/c1-3-12(2)23-19(25)16-9-6-14(10-17(16)20(23)26)21(27)28-11-18(24)13-4-7-15(22)8-5-13/h4-10,12H,3,11H2,1-2H3/t12-/m1/s1. The number of rotatable bonds is 6. The van der Waals surface area contributed by atoms with Crippen LogP contribution < -0.4 is 0 Å². The van der Waals surface area contributed by atoms with Crippen LogP contribution in [0.4, 0.5) is 0 Å². The quantitative estimate of drug-likeness (QED) is 0.419. The zero-order valence-electron chi connectivity index (χ0n) is 15.4. The van der Waals surface area contributed by atoms with Gasteiger partial charge in [-0.15, -0.1) is 0 Å². The molecule has 0 fully saturated rings. The Morgan fingerprint density at radius 2 is 1.61 bits per heavy atom. The Balaban J connectivity index is 1.72. The van der Waals surface area contributed by atoms with Gasteiger partial charge in [-0.25, -0.2) is 4.79 Å². The fraction of sp³-hybridized carbons (Fsp3) is 0.238. The van der Waals surface area contributed by atoms with Crippen molar-refractivity contribution < 1.29 is 23.9 Å². The molecule has 1 atom stereocenters. The van der Waals surface area contributed by atoms with Gasteiger partial charge in [0.15, 0.2) is 12.4 Å². The molecule has 0 radical (unpaired) electrons. The number of ether oxygens (including phenoxy) is 1. The molecular formula is C21H18ClNO5. The maximum absolute atomic E-state index is 12.5. The van der Waals surface area contributed by atoms with Crippen molar-refractivity contribution in [3.8, 4) is 0 Å². The minimum atomic E-state index is -0.743. The molecule has 0 bridgehead atoms. The van der Waals surface area contributed by atoms with Crippen LogP contribution in [0.1, 0.15) is 61.7 Å². The molecule has 7 heteroatoms. The summed E-state index contributed by atoms with van der Waals surface area (Å²) < 4.78 is 5.06. The van der Waals surface area contributed by atoms with Crippen LogP contribution in [0.5, 0.6) is 0 Å². The van der Waals surface area contributed by atoms with Gasteiger partial charge in [-0.1, -0.05) is 18.5 Å². The predicted octanol–water partition coefficient (Wildman–Crippen LogP) is 3.77. The number of ketones is 1. The number of fused-ring (bicyclic) bond motifs is 1. The predicted molar refractivity (Wildman–Crippen MR) is 103 cm³/mol. The molecule has 0 unspecified atom stereocenters. The average Bonchev–Trinajstić information content (AvgIpc) is 2.95. The lowest BCUT2D eigenvalue weighted by molar-refractivity contribution is 0.0474. The summed E-state index contributed by atoms with van der Waals surface area (Å²) in [7, 11) is 0. The molecule has 2 aromatic rings. The van der Waals surface area contributed by atoms with Crippen LogP contribution in [0.3, 0.4) is 0 Å². The Morgan fingerprint density at radius 1 is 1.00 bits per heavy atom. The van der Waals surface area contributed by atoms with Crippen molar-refractivity contribution in [3.05, 3.63) is 69.7 Å². The van der Waals surface area contributed by atoms with E-state index < -0.39 is 18.5 Å². The number of nitrogens with zero attached hydrogens (tertiary/aromatic N) is 1. The van der Waals surface area contributed by atoms with E-state index in [2.05, 4.69) is 0 Å². The largest absolute Gasteiger partial charge is 0.454 e. The molecule has 3 rings (SSSR count). The van der Waals surface area contributed by atoms with E-state index in [9.17, 15) is 19.2 Å². The van der Waals surface area contributed by atoms with Gasteiger partial charge in [-0.2, -0.15) is 0 Å². The highest BCUT2D eigenvalue weighted by molar-refractivity contribution is 6.30. The number of carbonyl (C=O) groups excluding carboxylic acids is 4. The lowest BCUT2D eigenvalue weighted by Crippen LogP contribution is -2.37. The topological polar surface area (TPSA) is 80.8 Å². The van der Waals surface area contributed by atoms with Crippen LogP contribution in [0.25, 0.3) is 0 Å². The van der Waals surface area contributed by atoms with Gasteiger partial charge in [0.2, 0.25) is 0 Å². The molecular weight excluding hydrogens is 382 g/mol. The van der Waals surface area contributed by atoms with Crippen LogP contribution in [-0.2, 0) is 4.74 Å². The smallest absolute Gasteiger partial charge is 0.338 e. The summed E-state index contributed by atoms with van der Waals surface area (Å²) >= 11 is 5.78. The number of imide groups is 1. The normalized spacial score (nSPS) is 14.0. The average molecular weight is 400 g/mol. The molecule has 0 N–H and O–H groups in total. The number of carbonyl (C=O) groups is 4. The Morgan fingerprint density at radius 3 is 2.25 bits per heavy atom. The third kappa shape index (κ3) is 3.68. The highest BCUT2D eigenvalue weighted by Gasteiger charge is 2.38. The number of hydrogen-bond acceptors (Lipinski definition) is 5. The van der Waals surface area contributed by atoms with E-state index in [4.69, 9.17) is 16.3 Å². The zero-order chi connectivity index (χ0) is 20.4. The van der Waals surface area contributed by atoms with Crippen molar-refractivity contribution >= 4 is 35.2 Å². The second kappa shape index (κ2) is 7.94. The molecule has 144 valence electrons. The summed E-state index contributed by atoms with van der Waals surface area (Å²) in [5, 5.41) is 0.498. The van der Waals surface area contributed by atoms with E-state index in [-0.39, 0.29) is 34.4 Å². The molecule has 2 amide bonds. The summed E-state index contributed by atoms with van der Waals surface area (Å²) in [5.74, 6) is -1.92.